The lowest BCUT2D eigenvalue weighted by Crippen LogP contribution is -2.17. The largest absolute Gasteiger partial charge is 0.394 e. The molecule has 1 aromatic carbocycles. The number of aryl methyl sites for hydroxylation is 1. The monoisotopic (exact) mass is 305 g/mol. The molecule has 2 rings (SSSR count). The summed E-state index contributed by atoms with van der Waals surface area (Å²) >= 11 is 5.85. The molecule has 0 aliphatic carbocycles. The molecule has 6 nitrogen and oxygen atoms in total. The van der Waals surface area contributed by atoms with Crippen LogP contribution in [0, 0.1) is 0 Å². The van der Waals surface area contributed by atoms with Crippen molar-refractivity contribution in [2.24, 2.45) is 5.73 Å². The summed E-state index contributed by atoms with van der Waals surface area (Å²) in [6.45, 7) is 1.93. The van der Waals surface area contributed by atoms with Crippen molar-refractivity contribution in [3.05, 3.63) is 40.8 Å². The molecule has 21 heavy (non-hydrogen) atoms. The molecule has 0 saturated carbocycles. The summed E-state index contributed by atoms with van der Waals surface area (Å²) in [5.41, 5.74) is 13.2. The van der Waals surface area contributed by atoms with Crippen LogP contribution in [0.15, 0.2) is 24.3 Å². The van der Waals surface area contributed by atoms with Crippen molar-refractivity contribution >= 4 is 34.7 Å². The average Bonchev–Trinajstić information content (AvgIpc) is 2.44. The predicted octanol–water partition coefficient (Wildman–Crippen LogP) is 2.05. The lowest BCUT2D eigenvalue weighted by molar-refractivity contribution is -0.117. The van der Waals surface area contributed by atoms with Crippen LogP contribution in [0.1, 0.15) is 18.4 Å². The number of benzene rings is 1. The molecule has 1 heterocycles. The summed E-state index contributed by atoms with van der Waals surface area (Å²) in [4.78, 5) is 19.5. The third-order valence-corrected chi connectivity index (χ3v) is 3.10. The highest BCUT2D eigenvalue weighted by atomic mass is 35.5. The molecule has 110 valence electrons. The number of hydrogen-bond acceptors (Lipinski definition) is 5. The second kappa shape index (κ2) is 6.41. The van der Waals surface area contributed by atoms with Crippen molar-refractivity contribution in [1.82, 2.24) is 9.97 Å². The van der Waals surface area contributed by atoms with Gasteiger partial charge in [0.05, 0.1) is 17.8 Å². The number of aromatic nitrogens is 2. The fourth-order valence-corrected chi connectivity index (χ4v) is 1.96. The zero-order valence-corrected chi connectivity index (χ0v) is 12.3. The quantitative estimate of drug-likeness (QED) is 0.783. The Balaban J connectivity index is 2.36. The van der Waals surface area contributed by atoms with Gasteiger partial charge in [-0.2, -0.15) is 0 Å². The molecule has 1 aromatic heterocycles. The maximum atomic E-state index is 11.0. The number of nitrogens with zero attached hydrogens (tertiary/aromatic N) is 2. The van der Waals surface area contributed by atoms with Gasteiger partial charge in [0.2, 0.25) is 5.91 Å². The van der Waals surface area contributed by atoms with Gasteiger partial charge >= 0.3 is 0 Å². The molecular weight excluding hydrogens is 290 g/mol. The van der Waals surface area contributed by atoms with Crippen LogP contribution < -0.4 is 16.8 Å². The van der Waals surface area contributed by atoms with Gasteiger partial charge in [0.15, 0.2) is 5.82 Å². The van der Waals surface area contributed by atoms with Crippen LogP contribution >= 0.6 is 11.6 Å². The molecule has 0 bridgehead atoms. The number of amides is 1. The Morgan fingerprint density at radius 2 is 1.95 bits per heavy atom. The van der Waals surface area contributed by atoms with Crippen LogP contribution in [0.5, 0.6) is 0 Å². The van der Waals surface area contributed by atoms with Crippen molar-refractivity contribution in [3.63, 3.8) is 0 Å². The number of hydrogen-bond donors (Lipinski definition) is 3. The Kier molecular flexibility index (Phi) is 4.59. The smallest absolute Gasteiger partial charge is 0.225 e. The van der Waals surface area contributed by atoms with Crippen molar-refractivity contribution in [3.8, 4) is 0 Å². The van der Waals surface area contributed by atoms with Gasteiger partial charge in [0, 0.05) is 10.7 Å². The standard InChI is InChI=1S/C14H16ClN5O/c1-2-10-13(17)14(20-12(19-10)7-11(16)21)18-9-5-3-8(15)4-6-9/h3-6H,2,7,17H2,1H3,(H2,16,21)(H,18,19,20). The normalized spacial score (nSPS) is 10.4. The molecule has 1 amide bonds. The Morgan fingerprint density at radius 1 is 1.29 bits per heavy atom. The molecule has 0 unspecified atom stereocenters. The second-order valence-electron chi connectivity index (χ2n) is 4.48. The first-order valence-corrected chi connectivity index (χ1v) is 6.83. The van der Waals surface area contributed by atoms with E-state index >= 15 is 0 Å². The minimum atomic E-state index is -0.487. The van der Waals surface area contributed by atoms with E-state index in [1.165, 1.54) is 0 Å². The SMILES string of the molecule is CCc1nc(CC(N)=O)nc(Nc2ccc(Cl)cc2)c1N. The van der Waals surface area contributed by atoms with E-state index in [1.807, 2.05) is 19.1 Å². The highest BCUT2D eigenvalue weighted by Gasteiger charge is 2.12. The zero-order chi connectivity index (χ0) is 15.4. The fourth-order valence-electron chi connectivity index (χ4n) is 1.84. The van der Waals surface area contributed by atoms with E-state index in [1.54, 1.807) is 12.1 Å². The molecule has 0 atom stereocenters. The topological polar surface area (TPSA) is 107 Å². The summed E-state index contributed by atoms with van der Waals surface area (Å²) in [7, 11) is 0. The predicted molar refractivity (Wildman–Crippen MR) is 83.5 cm³/mol. The number of nitrogen functional groups attached to an aromatic ring is 1. The number of primary amides is 1. The highest BCUT2D eigenvalue weighted by molar-refractivity contribution is 6.30. The maximum Gasteiger partial charge on any atom is 0.225 e. The third-order valence-electron chi connectivity index (χ3n) is 2.85. The second-order valence-corrected chi connectivity index (χ2v) is 4.91. The van der Waals surface area contributed by atoms with Gasteiger partial charge in [-0.05, 0) is 30.7 Å². The maximum absolute atomic E-state index is 11.0. The molecule has 5 N–H and O–H groups in total. The third kappa shape index (κ3) is 3.82. The zero-order valence-electron chi connectivity index (χ0n) is 11.6. The van der Waals surface area contributed by atoms with Crippen molar-refractivity contribution in [1.29, 1.82) is 0 Å². The van der Waals surface area contributed by atoms with E-state index < -0.39 is 5.91 Å². The number of nitrogens with one attached hydrogen (secondary N) is 1. The minimum Gasteiger partial charge on any atom is -0.394 e. The van der Waals surface area contributed by atoms with Crippen molar-refractivity contribution < 1.29 is 4.79 Å². The molecule has 0 spiro atoms. The number of anilines is 3. The highest BCUT2D eigenvalue weighted by Crippen LogP contribution is 2.25. The molecule has 0 saturated heterocycles. The number of rotatable bonds is 5. The Morgan fingerprint density at radius 3 is 2.52 bits per heavy atom. The summed E-state index contributed by atoms with van der Waals surface area (Å²) in [6, 6.07) is 7.13. The molecule has 0 aliphatic rings. The number of halogens is 1. The number of nitrogens with two attached hydrogens (primary N) is 2. The number of carbonyl (C=O) groups is 1. The van der Waals surface area contributed by atoms with Crippen LogP contribution in [-0.4, -0.2) is 15.9 Å². The fraction of sp³-hybridized carbons (Fsp3) is 0.214. The molecule has 7 heteroatoms. The Labute approximate surface area is 127 Å². The van der Waals surface area contributed by atoms with Crippen LogP contribution in [0.2, 0.25) is 5.02 Å². The molecule has 0 radical (unpaired) electrons. The average molecular weight is 306 g/mol. The van der Waals surface area contributed by atoms with Gasteiger partial charge in [-0.3, -0.25) is 4.79 Å². The van der Waals surface area contributed by atoms with Crippen LogP contribution in [0.25, 0.3) is 0 Å². The summed E-state index contributed by atoms with van der Waals surface area (Å²) in [5, 5.41) is 3.74. The van der Waals surface area contributed by atoms with E-state index in [0.717, 1.165) is 5.69 Å². The van der Waals surface area contributed by atoms with Gasteiger partial charge in [-0.15, -0.1) is 0 Å². The first kappa shape index (κ1) is 15.1. The van der Waals surface area contributed by atoms with E-state index in [9.17, 15) is 4.79 Å². The summed E-state index contributed by atoms with van der Waals surface area (Å²) in [6.07, 6.45) is 0.609. The van der Waals surface area contributed by atoms with E-state index in [0.29, 0.717) is 34.5 Å². The van der Waals surface area contributed by atoms with Crippen molar-refractivity contribution in [2.45, 2.75) is 19.8 Å². The summed E-state index contributed by atoms with van der Waals surface area (Å²) in [5.74, 6) is 0.324. The van der Waals surface area contributed by atoms with Gasteiger partial charge in [0.1, 0.15) is 5.82 Å². The van der Waals surface area contributed by atoms with E-state index in [2.05, 4.69) is 15.3 Å². The van der Waals surface area contributed by atoms with Gasteiger partial charge in [-0.25, -0.2) is 9.97 Å². The number of carbonyl (C=O) groups excluding carboxylic acids is 1. The van der Waals surface area contributed by atoms with Crippen LogP contribution in [-0.2, 0) is 17.6 Å². The molecule has 2 aromatic rings. The molecule has 0 fully saturated rings. The van der Waals surface area contributed by atoms with Gasteiger partial charge in [-0.1, -0.05) is 18.5 Å². The lowest BCUT2D eigenvalue weighted by Gasteiger charge is -2.12. The van der Waals surface area contributed by atoms with E-state index in [-0.39, 0.29) is 6.42 Å². The van der Waals surface area contributed by atoms with E-state index in [4.69, 9.17) is 23.1 Å². The summed E-state index contributed by atoms with van der Waals surface area (Å²) < 4.78 is 0. The van der Waals surface area contributed by atoms with Crippen LogP contribution in [0.4, 0.5) is 17.2 Å². The molecular formula is C14H16ClN5O. The van der Waals surface area contributed by atoms with Crippen molar-refractivity contribution in [2.75, 3.05) is 11.1 Å². The van der Waals surface area contributed by atoms with Gasteiger partial charge < -0.3 is 16.8 Å². The first-order valence-electron chi connectivity index (χ1n) is 6.45. The first-order chi connectivity index (χ1) is 9.99. The Hall–Kier alpha value is -2.34. The van der Waals surface area contributed by atoms with Gasteiger partial charge in [0.25, 0.3) is 0 Å². The minimum absolute atomic E-state index is 0.0252. The Bertz CT molecular complexity index is 657. The molecule has 0 aliphatic heterocycles. The lowest BCUT2D eigenvalue weighted by atomic mass is 10.2. The van der Waals surface area contributed by atoms with Crippen LogP contribution in [0.3, 0.4) is 0 Å².